The molecule has 3 rings (SSSR count). The van der Waals surface area contributed by atoms with Crippen molar-refractivity contribution in [1.82, 2.24) is 10.2 Å². The first-order valence-corrected chi connectivity index (χ1v) is 8.78. The number of nitrogens with zero attached hydrogens (tertiary/aromatic N) is 2. The molecule has 1 N–H and O–H groups in total. The summed E-state index contributed by atoms with van der Waals surface area (Å²) >= 11 is 0. The van der Waals surface area contributed by atoms with Crippen molar-refractivity contribution in [2.24, 2.45) is 0 Å². The third-order valence-electron chi connectivity index (χ3n) is 4.61. The van der Waals surface area contributed by atoms with Crippen molar-refractivity contribution >= 4 is 11.6 Å². The zero-order valence-corrected chi connectivity index (χ0v) is 15.0. The van der Waals surface area contributed by atoms with Crippen LogP contribution in [0, 0.1) is 5.82 Å². The van der Waals surface area contributed by atoms with E-state index in [4.69, 9.17) is 4.74 Å². The Labute approximate surface area is 153 Å². The third-order valence-corrected chi connectivity index (χ3v) is 4.61. The van der Waals surface area contributed by atoms with Crippen molar-refractivity contribution < 1.29 is 13.9 Å². The summed E-state index contributed by atoms with van der Waals surface area (Å²) in [4.78, 5) is 16.4. The number of carbonyl (C=O) groups is 1. The second kappa shape index (κ2) is 8.67. The molecule has 2 aromatic rings. The molecule has 26 heavy (non-hydrogen) atoms. The lowest BCUT2D eigenvalue weighted by Gasteiger charge is -2.36. The lowest BCUT2D eigenvalue weighted by Crippen LogP contribution is -2.50. The molecule has 1 aliphatic rings. The highest BCUT2D eigenvalue weighted by molar-refractivity contribution is 5.78. The fourth-order valence-electron chi connectivity index (χ4n) is 3.13. The molecule has 0 atom stereocenters. The number of ether oxygens (including phenoxy) is 1. The minimum atomic E-state index is -0.233. The topological polar surface area (TPSA) is 44.8 Å². The van der Waals surface area contributed by atoms with E-state index >= 15 is 0 Å². The summed E-state index contributed by atoms with van der Waals surface area (Å²) in [5.41, 5.74) is 2.02. The Bertz CT molecular complexity index is 728. The molecule has 138 valence electrons. The predicted molar refractivity (Wildman–Crippen MR) is 99.9 cm³/mol. The largest absolute Gasteiger partial charge is 0.496 e. The van der Waals surface area contributed by atoms with Crippen LogP contribution in [0.3, 0.4) is 0 Å². The Morgan fingerprint density at radius 1 is 1.08 bits per heavy atom. The molecule has 0 aliphatic carbocycles. The number of amides is 1. The lowest BCUT2D eigenvalue weighted by molar-refractivity contribution is -0.130. The van der Waals surface area contributed by atoms with Gasteiger partial charge in [-0.25, -0.2) is 4.39 Å². The molecular formula is C20H24FN3O2. The highest BCUT2D eigenvalue weighted by Gasteiger charge is 2.21. The maximum Gasteiger partial charge on any atom is 0.236 e. The van der Waals surface area contributed by atoms with Crippen molar-refractivity contribution in [2.45, 2.75) is 6.54 Å². The Balaban J connectivity index is 1.44. The van der Waals surface area contributed by atoms with Gasteiger partial charge in [-0.05, 0) is 30.3 Å². The van der Waals surface area contributed by atoms with Gasteiger partial charge in [-0.1, -0.05) is 18.2 Å². The molecule has 0 unspecified atom stereocenters. The van der Waals surface area contributed by atoms with Crippen molar-refractivity contribution in [2.75, 3.05) is 44.7 Å². The summed E-state index contributed by atoms with van der Waals surface area (Å²) in [6.07, 6.45) is 0. The van der Waals surface area contributed by atoms with E-state index in [1.54, 1.807) is 19.2 Å². The molecule has 0 saturated carbocycles. The zero-order chi connectivity index (χ0) is 18.4. The summed E-state index contributed by atoms with van der Waals surface area (Å²) in [5.74, 6) is 0.683. The Morgan fingerprint density at radius 2 is 1.77 bits per heavy atom. The Kier molecular flexibility index (Phi) is 6.07. The number of nitrogens with one attached hydrogen (secondary N) is 1. The summed E-state index contributed by atoms with van der Waals surface area (Å²) in [5, 5.41) is 3.20. The molecule has 1 saturated heterocycles. The van der Waals surface area contributed by atoms with Crippen LogP contribution in [0.2, 0.25) is 0 Å². The summed E-state index contributed by atoms with van der Waals surface area (Å²) in [6, 6.07) is 14.3. The smallest absolute Gasteiger partial charge is 0.236 e. The normalized spacial score (nSPS) is 14.4. The van der Waals surface area contributed by atoms with Gasteiger partial charge in [0.1, 0.15) is 11.6 Å². The van der Waals surface area contributed by atoms with Gasteiger partial charge in [-0.3, -0.25) is 4.79 Å². The molecule has 5 nitrogen and oxygen atoms in total. The molecule has 1 aliphatic heterocycles. The number of para-hydroxylation sites is 1. The fraction of sp³-hybridized carbons (Fsp3) is 0.350. The van der Waals surface area contributed by atoms with Crippen molar-refractivity contribution in [1.29, 1.82) is 0 Å². The second-order valence-corrected chi connectivity index (χ2v) is 6.26. The van der Waals surface area contributed by atoms with Crippen LogP contribution in [0.5, 0.6) is 5.75 Å². The summed E-state index contributed by atoms with van der Waals surface area (Å²) < 4.78 is 18.3. The van der Waals surface area contributed by atoms with E-state index in [0.717, 1.165) is 30.1 Å². The number of carbonyl (C=O) groups excluding carboxylic acids is 1. The van der Waals surface area contributed by atoms with E-state index in [0.29, 0.717) is 26.2 Å². The maximum absolute atomic E-state index is 13.0. The SMILES string of the molecule is COc1ccccc1CNCC(=O)N1CCN(c2ccc(F)cc2)CC1. The summed E-state index contributed by atoms with van der Waals surface area (Å²) in [7, 11) is 1.64. The van der Waals surface area contributed by atoms with Crippen LogP contribution in [0.15, 0.2) is 48.5 Å². The van der Waals surface area contributed by atoms with Crippen LogP contribution < -0.4 is 15.0 Å². The molecule has 0 radical (unpaired) electrons. The van der Waals surface area contributed by atoms with Gasteiger partial charge < -0.3 is 19.9 Å². The number of hydrogen-bond acceptors (Lipinski definition) is 4. The minimum absolute atomic E-state index is 0.0960. The molecule has 0 spiro atoms. The first-order valence-electron chi connectivity index (χ1n) is 8.78. The standard InChI is InChI=1S/C20H24FN3O2/c1-26-19-5-3-2-4-16(19)14-22-15-20(25)24-12-10-23(11-13-24)18-8-6-17(21)7-9-18/h2-9,22H,10-15H2,1H3. The Hall–Kier alpha value is -2.60. The number of benzene rings is 2. The van der Waals surface area contributed by atoms with Crippen LogP contribution in [0.1, 0.15) is 5.56 Å². The van der Waals surface area contributed by atoms with Gasteiger partial charge >= 0.3 is 0 Å². The van der Waals surface area contributed by atoms with Gasteiger partial charge in [0.05, 0.1) is 13.7 Å². The van der Waals surface area contributed by atoms with E-state index in [9.17, 15) is 9.18 Å². The van der Waals surface area contributed by atoms with Crippen LogP contribution in [0.25, 0.3) is 0 Å². The predicted octanol–water partition coefficient (Wildman–Crippen LogP) is 2.27. The molecule has 1 amide bonds. The third kappa shape index (κ3) is 4.52. The van der Waals surface area contributed by atoms with Gasteiger partial charge in [-0.15, -0.1) is 0 Å². The lowest BCUT2D eigenvalue weighted by atomic mass is 10.2. The number of methoxy groups -OCH3 is 1. The van der Waals surface area contributed by atoms with E-state index in [1.165, 1.54) is 12.1 Å². The highest BCUT2D eigenvalue weighted by atomic mass is 19.1. The maximum atomic E-state index is 13.0. The number of hydrogen-bond donors (Lipinski definition) is 1. The van der Waals surface area contributed by atoms with E-state index < -0.39 is 0 Å². The monoisotopic (exact) mass is 357 g/mol. The molecular weight excluding hydrogens is 333 g/mol. The first kappa shape index (κ1) is 18.2. The van der Waals surface area contributed by atoms with Crippen LogP contribution in [-0.2, 0) is 11.3 Å². The quantitative estimate of drug-likeness (QED) is 0.862. The second-order valence-electron chi connectivity index (χ2n) is 6.26. The molecule has 1 heterocycles. The number of anilines is 1. The van der Waals surface area contributed by atoms with E-state index in [2.05, 4.69) is 10.2 Å². The molecule has 6 heteroatoms. The zero-order valence-electron chi connectivity index (χ0n) is 15.0. The van der Waals surface area contributed by atoms with E-state index in [1.807, 2.05) is 29.2 Å². The molecule has 1 fully saturated rings. The number of rotatable bonds is 6. The highest BCUT2D eigenvalue weighted by Crippen LogP contribution is 2.18. The van der Waals surface area contributed by atoms with Crippen molar-refractivity contribution in [3.63, 3.8) is 0 Å². The summed E-state index contributed by atoms with van der Waals surface area (Å²) in [6.45, 7) is 3.74. The van der Waals surface area contributed by atoms with E-state index in [-0.39, 0.29) is 11.7 Å². The van der Waals surface area contributed by atoms with Crippen LogP contribution in [0.4, 0.5) is 10.1 Å². The molecule has 2 aromatic carbocycles. The molecule has 0 bridgehead atoms. The van der Waals surface area contributed by atoms with Gasteiger partial charge in [0.2, 0.25) is 5.91 Å². The first-order chi connectivity index (χ1) is 12.7. The van der Waals surface area contributed by atoms with Crippen molar-refractivity contribution in [3.8, 4) is 5.75 Å². The van der Waals surface area contributed by atoms with Gasteiger partial charge in [0.15, 0.2) is 0 Å². The van der Waals surface area contributed by atoms with Gasteiger partial charge in [0.25, 0.3) is 0 Å². The van der Waals surface area contributed by atoms with Crippen molar-refractivity contribution in [3.05, 3.63) is 59.9 Å². The Morgan fingerprint density at radius 3 is 2.46 bits per heavy atom. The number of halogens is 1. The van der Waals surface area contributed by atoms with Crippen LogP contribution >= 0.6 is 0 Å². The average Bonchev–Trinajstić information content (AvgIpc) is 2.69. The average molecular weight is 357 g/mol. The van der Waals surface area contributed by atoms with Crippen LogP contribution in [-0.4, -0.2) is 50.6 Å². The minimum Gasteiger partial charge on any atom is -0.496 e. The van der Waals surface area contributed by atoms with Gasteiger partial charge in [-0.2, -0.15) is 0 Å². The fourth-order valence-corrected chi connectivity index (χ4v) is 3.13. The molecule has 0 aromatic heterocycles. The van der Waals surface area contributed by atoms with Gasteiger partial charge in [0, 0.05) is 44.0 Å². The number of piperazine rings is 1.